The lowest BCUT2D eigenvalue weighted by molar-refractivity contribution is -0.136. The van der Waals surface area contributed by atoms with Gasteiger partial charge in [-0.3, -0.25) is 19.7 Å². The number of ether oxygens (including phenoxy) is 1. The van der Waals surface area contributed by atoms with E-state index in [2.05, 4.69) is 16.0 Å². The number of imide groups is 1. The lowest BCUT2D eigenvalue weighted by Crippen LogP contribution is -2.52. The van der Waals surface area contributed by atoms with E-state index in [-0.39, 0.29) is 24.1 Å². The number of hydrogen-bond acceptors (Lipinski definition) is 6. The van der Waals surface area contributed by atoms with Crippen molar-refractivity contribution >= 4 is 17.7 Å². The zero-order chi connectivity index (χ0) is 20.4. The predicted molar refractivity (Wildman–Crippen MR) is 106 cm³/mol. The van der Waals surface area contributed by atoms with Crippen molar-refractivity contribution in [2.45, 2.75) is 57.0 Å². The Kier molecular flexibility index (Phi) is 5.94. The number of carbonyl (C=O) groups is 3. The van der Waals surface area contributed by atoms with Crippen LogP contribution in [-0.2, 0) is 27.4 Å². The molecule has 1 aromatic rings. The van der Waals surface area contributed by atoms with E-state index in [1.807, 2.05) is 18.2 Å². The summed E-state index contributed by atoms with van der Waals surface area (Å²) in [6, 6.07) is 5.64. The Hall–Kier alpha value is -2.29. The minimum atomic E-state index is -0.574. The summed E-state index contributed by atoms with van der Waals surface area (Å²) in [5.41, 5.74) is 2.72. The first-order chi connectivity index (χ1) is 14.1. The number of piperidine rings is 1. The van der Waals surface area contributed by atoms with E-state index in [0.717, 1.165) is 37.1 Å². The summed E-state index contributed by atoms with van der Waals surface area (Å²) in [5, 5.41) is 9.30. The van der Waals surface area contributed by atoms with Crippen molar-refractivity contribution < 1.29 is 19.1 Å². The van der Waals surface area contributed by atoms with Crippen LogP contribution < -0.4 is 16.0 Å². The quantitative estimate of drug-likeness (QED) is 0.450. The van der Waals surface area contributed by atoms with Crippen LogP contribution in [0.15, 0.2) is 18.2 Å². The average molecular weight is 400 g/mol. The third-order valence-corrected chi connectivity index (χ3v) is 6.18. The van der Waals surface area contributed by atoms with E-state index >= 15 is 0 Å². The van der Waals surface area contributed by atoms with Crippen molar-refractivity contribution in [1.82, 2.24) is 20.9 Å². The molecule has 2 fully saturated rings. The average Bonchev–Trinajstić information content (AvgIpc) is 3.30. The maximum atomic E-state index is 12.9. The van der Waals surface area contributed by atoms with E-state index < -0.39 is 6.04 Å². The van der Waals surface area contributed by atoms with Crippen molar-refractivity contribution in [3.63, 3.8) is 0 Å². The zero-order valence-electron chi connectivity index (χ0n) is 16.7. The molecule has 1 unspecified atom stereocenters. The first-order valence-corrected chi connectivity index (χ1v) is 10.3. The summed E-state index contributed by atoms with van der Waals surface area (Å²) in [6.45, 7) is 2.88. The summed E-state index contributed by atoms with van der Waals surface area (Å²) in [6.07, 6.45) is 3.02. The van der Waals surface area contributed by atoms with E-state index in [1.165, 1.54) is 0 Å². The normalized spacial score (nSPS) is 26.7. The summed E-state index contributed by atoms with van der Waals surface area (Å²) in [7, 11) is 1.75. The third-order valence-electron chi connectivity index (χ3n) is 6.18. The second-order valence-corrected chi connectivity index (χ2v) is 8.01. The molecule has 3 amide bonds. The van der Waals surface area contributed by atoms with Gasteiger partial charge >= 0.3 is 0 Å². The number of benzene rings is 1. The number of amides is 3. The molecule has 3 aliphatic heterocycles. The molecular formula is C21H28N4O4. The molecule has 2 saturated heterocycles. The minimum absolute atomic E-state index is 0.128. The van der Waals surface area contributed by atoms with Gasteiger partial charge in [-0.1, -0.05) is 12.1 Å². The molecule has 3 aliphatic rings. The molecule has 0 spiro atoms. The van der Waals surface area contributed by atoms with Crippen LogP contribution in [0.3, 0.4) is 0 Å². The Labute approximate surface area is 170 Å². The van der Waals surface area contributed by atoms with Crippen LogP contribution in [0.4, 0.5) is 0 Å². The van der Waals surface area contributed by atoms with Gasteiger partial charge in [0.1, 0.15) is 6.04 Å². The fraction of sp³-hybridized carbons (Fsp3) is 0.571. The maximum absolute atomic E-state index is 12.9. The van der Waals surface area contributed by atoms with E-state index in [4.69, 9.17) is 4.74 Å². The van der Waals surface area contributed by atoms with Gasteiger partial charge in [-0.25, -0.2) is 0 Å². The van der Waals surface area contributed by atoms with Crippen molar-refractivity contribution in [2.24, 2.45) is 0 Å². The van der Waals surface area contributed by atoms with Gasteiger partial charge in [0, 0.05) is 44.8 Å². The van der Waals surface area contributed by atoms with Gasteiger partial charge < -0.3 is 20.3 Å². The lowest BCUT2D eigenvalue weighted by atomic mass is 10.0. The number of methoxy groups -OCH3 is 1. The first kappa shape index (κ1) is 20.0. The van der Waals surface area contributed by atoms with Crippen LogP contribution in [0.5, 0.6) is 0 Å². The fourth-order valence-electron chi connectivity index (χ4n) is 4.50. The van der Waals surface area contributed by atoms with Crippen LogP contribution >= 0.6 is 0 Å². The van der Waals surface area contributed by atoms with Crippen LogP contribution in [0.2, 0.25) is 0 Å². The van der Waals surface area contributed by atoms with E-state index in [0.29, 0.717) is 37.2 Å². The number of carbonyl (C=O) groups excluding carboxylic acids is 3. The van der Waals surface area contributed by atoms with Gasteiger partial charge in [-0.2, -0.15) is 0 Å². The van der Waals surface area contributed by atoms with Gasteiger partial charge in [0.15, 0.2) is 0 Å². The molecule has 3 atom stereocenters. The Morgan fingerprint density at radius 3 is 2.90 bits per heavy atom. The van der Waals surface area contributed by atoms with Crippen molar-refractivity contribution in [3.05, 3.63) is 34.9 Å². The molecule has 0 bridgehead atoms. The molecule has 3 heterocycles. The van der Waals surface area contributed by atoms with Crippen LogP contribution in [0.25, 0.3) is 0 Å². The Morgan fingerprint density at radius 2 is 2.14 bits per heavy atom. The molecule has 0 radical (unpaired) electrons. The number of hydrogen-bond donors (Lipinski definition) is 3. The highest BCUT2D eigenvalue weighted by Crippen LogP contribution is 2.29. The summed E-state index contributed by atoms with van der Waals surface area (Å²) >= 11 is 0. The van der Waals surface area contributed by atoms with Crippen LogP contribution in [0.1, 0.15) is 47.2 Å². The Bertz CT molecular complexity index is 812. The highest BCUT2D eigenvalue weighted by Gasteiger charge is 2.39. The Balaban J connectivity index is 1.34. The van der Waals surface area contributed by atoms with Gasteiger partial charge in [0.05, 0.1) is 6.10 Å². The molecule has 3 N–H and O–H groups in total. The second-order valence-electron chi connectivity index (χ2n) is 8.01. The summed E-state index contributed by atoms with van der Waals surface area (Å²) in [5.74, 6) is -0.772. The number of fused-ring (bicyclic) bond motifs is 1. The predicted octanol–water partition coefficient (Wildman–Crippen LogP) is 0.304. The van der Waals surface area contributed by atoms with Crippen LogP contribution in [0, 0.1) is 0 Å². The first-order valence-electron chi connectivity index (χ1n) is 10.3. The van der Waals surface area contributed by atoms with Gasteiger partial charge in [-0.05, 0) is 43.0 Å². The summed E-state index contributed by atoms with van der Waals surface area (Å²) in [4.78, 5) is 38.1. The smallest absolute Gasteiger partial charge is 0.255 e. The second kappa shape index (κ2) is 8.61. The highest BCUT2D eigenvalue weighted by atomic mass is 16.5. The SMILES string of the molecule is CO[C@@H]1CN[C@H](CCNCc2cccc3c2CN(C2CCC(=O)NC2=O)C3=O)C1. The van der Waals surface area contributed by atoms with Gasteiger partial charge in [0.2, 0.25) is 11.8 Å². The summed E-state index contributed by atoms with van der Waals surface area (Å²) < 4.78 is 5.38. The minimum Gasteiger partial charge on any atom is -0.380 e. The third kappa shape index (κ3) is 4.19. The van der Waals surface area contributed by atoms with Crippen LogP contribution in [-0.4, -0.2) is 61.0 Å². The molecule has 4 rings (SSSR count). The number of nitrogens with one attached hydrogen (secondary N) is 3. The number of nitrogens with zero attached hydrogens (tertiary/aromatic N) is 1. The lowest BCUT2D eigenvalue weighted by Gasteiger charge is -2.29. The fourth-order valence-corrected chi connectivity index (χ4v) is 4.50. The molecule has 0 aromatic heterocycles. The van der Waals surface area contributed by atoms with Crippen molar-refractivity contribution in [1.29, 1.82) is 0 Å². The number of rotatable bonds is 7. The molecule has 29 heavy (non-hydrogen) atoms. The van der Waals surface area contributed by atoms with E-state index in [1.54, 1.807) is 12.0 Å². The highest BCUT2D eigenvalue weighted by molar-refractivity contribution is 6.05. The Morgan fingerprint density at radius 1 is 1.28 bits per heavy atom. The zero-order valence-corrected chi connectivity index (χ0v) is 16.7. The molecule has 156 valence electrons. The van der Waals surface area contributed by atoms with E-state index in [9.17, 15) is 14.4 Å². The largest absolute Gasteiger partial charge is 0.380 e. The van der Waals surface area contributed by atoms with Crippen molar-refractivity contribution in [3.8, 4) is 0 Å². The molecular weight excluding hydrogens is 372 g/mol. The van der Waals surface area contributed by atoms with Gasteiger partial charge in [0.25, 0.3) is 5.91 Å². The molecule has 8 heteroatoms. The molecule has 0 aliphatic carbocycles. The molecule has 8 nitrogen and oxygen atoms in total. The van der Waals surface area contributed by atoms with Crippen molar-refractivity contribution in [2.75, 3.05) is 20.2 Å². The molecule has 0 saturated carbocycles. The molecule has 1 aromatic carbocycles. The van der Waals surface area contributed by atoms with Gasteiger partial charge in [-0.15, -0.1) is 0 Å². The topological polar surface area (TPSA) is 99.8 Å². The standard InChI is InChI=1S/C21H28N4O4/c1-29-15-9-14(23-11-15)7-8-22-10-13-3-2-4-16-17(13)12-25(21(16)28)18-5-6-19(26)24-20(18)27/h2-4,14-15,18,22-23H,5-12H2,1H3,(H,24,26,27)/t14-,15+,18?/m1/s1. The maximum Gasteiger partial charge on any atom is 0.255 e. The monoisotopic (exact) mass is 400 g/mol.